The Balaban J connectivity index is 2.21. The van der Waals surface area contributed by atoms with E-state index in [1.807, 2.05) is 10.6 Å². The average molecular weight is 290 g/mol. The van der Waals surface area contributed by atoms with E-state index in [0.717, 1.165) is 11.9 Å². The summed E-state index contributed by atoms with van der Waals surface area (Å²) in [6, 6.07) is 7.43. The zero-order valence-electron chi connectivity index (χ0n) is 11.2. The first-order valence-corrected chi connectivity index (χ1v) is 6.72. The van der Waals surface area contributed by atoms with E-state index in [1.54, 1.807) is 12.1 Å². The van der Waals surface area contributed by atoms with Crippen LogP contribution in [0.4, 0.5) is 4.39 Å². The molecule has 1 aliphatic rings. The summed E-state index contributed by atoms with van der Waals surface area (Å²) >= 11 is 5.91. The SMILES string of the molecule is CC1(C)Cn2c(C#N)ccc2C1c1cc(Cl)ncc1F. The molecular weight excluding hydrogens is 277 g/mol. The van der Waals surface area contributed by atoms with Crippen LogP contribution >= 0.6 is 11.6 Å². The van der Waals surface area contributed by atoms with Gasteiger partial charge < -0.3 is 4.57 Å². The predicted octanol–water partition coefficient (Wildman–Crippen LogP) is 3.72. The number of pyridine rings is 1. The molecule has 0 bridgehead atoms. The number of aromatic nitrogens is 2. The number of fused-ring (bicyclic) bond motifs is 1. The molecule has 0 amide bonds. The highest BCUT2D eigenvalue weighted by Crippen LogP contribution is 2.49. The lowest BCUT2D eigenvalue weighted by atomic mass is 9.76. The third kappa shape index (κ3) is 1.82. The van der Waals surface area contributed by atoms with E-state index in [0.29, 0.717) is 17.8 Å². The number of hydrogen-bond acceptors (Lipinski definition) is 2. The van der Waals surface area contributed by atoms with Crippen molar-refractivity contribution in [3.63, 3.8) is 0 Å². The van der Waals surface area contributed by atoms with Gasteiger partial charge in [0.1, 0.15) is 22.7 Å². The van der Waals surface area contributed by atoms with Gasteiger partial charge in [0.25, 0.3) is 0 Å². The van der Waals surface area contributed by atoms with Crippen LogP contribution in [-0.4, -0.2) is 9.55 Å². The molecule has 0 aromatic carbocycles. The summed E-state index contributed by atoms with van der Waals surface area (Å²) in [5, 5.41) is 9.42. The summed E-state index contributed by atoms with van der Waals surface area (Å²) < 4.78 is 16.1. The molecule has 1 unspecified atom stereocenters. The molecule has 2 aromatic rings. The average Bonchev–Trinajstić information content (AvgIpc) is 2.86. The Morgan fingerprint density at radius 3 is 2.95 bits per heavy atom. The van der Waals surface area contributed by atoms with Crippen molar-refractivity contribution >= 4 is 11.6 Å². The van der Waals surface area contributed by atoms with Crippen LogP contribution < -0.4 is 0 Å². The molecule has 0 fully saturated rings. The lowest BCUT2D eigenvalue weighted by molar-refractivity contribution is 0.316. The maximum atomic E-state index is 14.2. The molecular formula is C15H13ClFN3. The Kier molecular flexibility index (Phi) is 2.84. The van der Waals surface area contributed by atoms with Gasteiger partial charge in [-0.1, -0.05) is 25.4 Å². The summed E-state index contributed by atoms with van der Waals surface area (Å²) in [7, 11) is 0. The van der Waals surface area contributed by atoms with Gasteiger partial charge in [-0.05, 0) is 23.6 Å². The molecule has 20 heavy (non-hydrogen) atoms. The number of nitrogens with zero attached hydrogens (tertiary/aromatic N) is 3. The number of hydrogen-bond donors (Lipinski definition) is 0. The van der Waals surface area contributed by atoms with Crippen LogP contribution in [0.15, 0.2) is 24.4 Å². The highest BCUT2D eigenvalue weighted by molar-refractivity contribution is 6.29. The molecule has 3 rings (SSSR count). The van der Waals surface area contributed by atoms with E-state index in [1.165, 1.54) is 0 Å². The van der Waals surface area contributed by atoms with E-state index in [4.69, 9.17) is 16.9 Å². The minimum atomic E-state index is -0.361. The van der Waals surface area contributed by atoms with Crippen molar-refractivity contribution in [2.45, 2.75) is 26.3 Å². The third-order valence-corrected chi connectivity index (χ3v) is 4.14. The first-order valence-electron chi connectivity index (χ1n) is 6.34. The topological polar surface area (TPSA) is 41.6 Å². The van der Waals surface area contributed by atoms with Crippen molar-refractivity contribution in [1.82, 2.24) is 9.55 Å². The van der Waals surface area contributed by atoms with Gasteiger partial charge in [0, 0.05) is 23.7 Å². The fourth-order valence-electron chi connectivity index (χ4n) is 3.14. The fraction of sp³-hybridized carbons (Fsp3) is 0.333. The molecule has 3 heterocycles. The smallest absolute Gasteiger partial charge is 0.145 e. The lowest BCUT2D eigenvalue weighted by Crippen LogP contribution is -2.20. The van der Waals surface area contributed by atoms with Crippen molar-refractivity contribution < 1.29 is 4.39 Å². The van der Waals surface area contributed by atoms with E-state index in [2.05, 4.69) is 24.9 Å². The number of nitriles is 1. The largest absolute Gasteiger partial charge is 0.335 e. The minimum Gasteiger partial charge on any atom is -0.335 e. The van der Waals surface area contributed by atoms with Crippen molar-refractivity contribution in [3.05, 3.63) is 52.3 Å². The standard InChI is InChI=1S/C15H13ClFN3/c1-15(2)8-20-9(6-18)3-4-12(20)14(15)10-5-13(16)19-7-11(10)17/h3-5,7,14H,8H2,1-2H3. The van der Waals surface area contributed by atoms with E-state index >= 15 is 0 Å². The van der Waals surface area contributed by atoms with Crippen molar-refractivity contribution in [2.75, 3.05) is 0 Å². The zero-order chi connectivity index (χ0) is 14.5. The van der Waals surface area contributed by atoms with Crippen LogP contribution in [0.1, 0.15) is 36.7 Å². The van der Waals surface area contributed by atoms with Crippen LogP contribution in [0.5, 0.6) is 0 Å². The van der Waals surface area contributed by atoms with Crippen molar-refractivity contribution in [3.8, 4) is 6.07 Å². The predicted molar refractivity (Wildman–Crippen MR) is 74.0 cm³/mol. The molecule has 1 atom stereocenters. The van der Waals surface area contributed by atoms with Gasteiger partial charge >= 0.3 is 0 Å². The van der Waals surface area contributed by atoms with Gasteiger partial charge in [-0.3, -0.25) is 0 Å². The monoisotopic (exact) mass is 289 g/mol. The van der Waals surface area contributed by atoms with Gasteiger partial charge in [-0.15, -0.1) is 0 Å². The molecule has 5 heteroatoms. The number of halogens is 2. The fourth-order valence-corrected chi connectivity index (χ4v) is 3.30. The van der Waals surface area contributed by atoms with Crippen molar-refractivity contribution in [2.24, 2.45) is 5.41 Å². The quantitative estimate of drug-likeness (QED) is 0.751. The normalized spacial score (nSPS) is 19.6. The summed E-state index contributed by atoms with van der Waals surface area (Å²) in [6.45, 7) is 4.82. The van der Waals surface area contributed by atoms with E-state index in [9.17, 15) is 4.39 Å². The molecule has 0 aliphatic carbocycles. The molecule has 2 aromatic heterocycles. The van der Waals surface area contributed by atoms with Crippen LogP contribution in [0, 0.1) is 22.6 Å². The Labute approximate surface area is 121 Å². The summed E-state index contributed by atoms with van der Waals surface area (Å²) in [5.74, 6) is -0.495. The second kappa shape index (κ2) is 4.32. The molecule has 1 aliphatic heterocycles. The van der Waals surface area contributed by atoms with Gasteiger partial charge in [0.05, 0.1) is 6.20 Å². The Bertz CT molecular complexity index is 727. The highest BCUT2D eigenvalue weighted by Gasteiger charge is 2.42. The molecule has 102 valence electrons. The first kappa shape index (κ1) is 13.1. The molecule has 0 saturated heterocycles. The van der Waals surface area contributed by atoms with Crippen LogP contribution in [0.3, 0.4) is 0 Å². The molecule has 3 nitrogen and oxygen atoms in total. The van der Waals surface area contributed by atoms with Gasteiger partial charge in [-0.25, -0.2) is 9.37 Å². The Morgan fingerprint density at radius 2 is 2.25 bits per heavy atom. The minimum absolute atomic E-state index is 0.134. The maximum absolute atomic E-state index is 14.2. The zero-order valence-corrected chi connectivity index (χ0v) is 11.9. The van der Waals surface area contributed by atoms with Crippen LogP contribution in [0.2, 0.25) is 5.15 Å². The molecule has 0 saturated carbocycles. The van der Waals surface area contributed by atoms with E-state index in [-0.39, 0.29) is 22.3 Å². The van der Waals surface area contributed by atoms with Gasteiger partial charge in [-0.2, -0.15) is 5.26 Å². The van der Waals surface area contributed by atoms with Crippen LogP contribution in [-0.2, 0) is 6.54 Å². The summed E-state index contributed by atoms with van der Waals surface area (Å²) in [6.07, 6.45) is 1.16. The third-order valence-electron chi connectivity index (χ3n) is 3.93. The van der Waals surface area contributed by atoms with Crippen molar-refractivity contribution in [1.29, 1.82) is 5.26 Å². The summed E-state index contributed by atoms with van der Waals surface area (Å²) in [4.78, 5) is 3.77. The Morgan fingerprint density at radius 1 is 1.50 bits per heavy atom. The molecule has 0 radical (unpaired) electrons. The first-order chi connectivity index (χ1) is 9.44. The van der Waals surface area contributed by atoms with Crippen LogP contribution in [0.25, 0.3) is 0 Å². The molecule has 0 N–H and O–H groups in total. The second-order valence-corrected chi connectivity index (χ2v) is 6.18. The van der Waals surface area contributed by atoms with Gasteiger partial charge in [0.2, 0.25) is 0 Å². The Hall–Kier alpha value is -1.86. The second-order valence-electron chi connectivity index (χ2n) is 5.79. The number of rotatable bonds is 1. The molecule has 0 spiro atoms. The van der Waals surface area contributed by atoms with Gasteiger partial charge in [0.15, 0.2) is 0 Å². The highest BCUT2D eigenvalue weighted by atomic mass is 35.5. The summed E-state index contributed by atoms with van der Waals surface area (Å²) in [5.41, 5.74) is 1.91. The van der Waals surface area contributed by atoms with E-state index < -0.39 is 0 Å². The maximum Gasteiger partial charge on any atom is 0.145 e. The lowest BCUT2D eigenvalue weighted by Gasteiger charge is -2.27.